The van der Waals surface area contributed by atoms with Crippen LogP contribution in [0.5, 0.6) is 0 Å². The van der Waals surface area contributed by atoms with Gasteiger partial charge in [0.2, 0.25) is 0 Å². The zero-order valence-corrected chi connectivity index (χ0v) is 17.6. The van der Waals surface area contributed by atoms with E-state index in [0.29, 0.717) is 12.1 Å². The van der Waals surface area contributed by atoms with Crippen molar-refractivity contribution >= 4 is 22.9 Å². The highest BCUT2D eigenvalue weighted by molar-refractivity contribution is 7.15. The molecule has 6 heteroatoms. The van der Waals surface area contributed by atoms with Crippen molar-refractivity contribution in [2.24, 2.45) is 0 Å². The lowest BCUT2D eigenvalue weighted by atomic mass is 10.1. The molecule has 29 heavy (non-hydrogen) atoms. The summed E-state index contributed by atoms with van der Waals surface area (Å²) < 4.78 is 2.04. The number of amides is 1. The number of carbonyl (C=O) groups excluding carboxylic acids is 1. The van der Waals surface area contributed by atoms with Crippen molar-refractivity contribution in [3.05, 3.63) is 70.4 Å². The average molecular weight is 405 g/mol. The fourth-order valence-corrected chi connectivity index (χ4v) is 4.91. The van der Waals surface area contributed by atoms with Gasteiger partial charge >= 0.3 is 0 Å². The molecule has 0 saturated carbocycles. The Morgan fingerprint density at radius 1 is 1.03 bits per heavy atom. The van der Waals surface area contributed by atoms with Crippen molar-refractivity contribution in [3.8, 4) is 11.1 Å². The minimum absolute atomic E-state index is 0.122. The van der Waals surface area contributed by atoms with Crippen LogP contribution in [0.1, 0.15) is 32.8 Å². The summed E-state index contributed by atoms with van der Waals surface area (Å²) in [5, 5.41) is 10.00. The topological polar surface area (TPSA) is 52.3 Å². The normalized spacial score (nSPS) is 14.5. The van der Waals surface area contributed by atoms with Gasteiger partial charge in [-0.2, -0.15) is 5.26 Å². The fraction of sp³-hybridized carbons (Fsp3) is 0.304. The highest BCUT2D eigenvalue weighted by Gasteiger charge is 2.26. The first-order chi connectivity index (χ1) is 14.1. The number of benzene rings is 1. The van der Waals surface area contributed by atoms with Gasteiger partial charge in [-0.3, -0.25) is 4.79 Å². The number of hydrogen-bond donors (Lipinski definition) is 0. The van der Waals surface area contributed by atoms with Crippen molar-refractivity contribution in [2.45, 2.75) is 20.3 Å². The number of rotatable bonds is 3. The second-order valence-corrected chi connectivity index (χ2v) is 8.55. The predicted molar refractivity (Wildman–Crippen MR) is 117 cm³/mol. The molecule has 5 nitrogen and oxygen atoms in total. The van der Waals surface area contributed by atoms with Crippen molar-refractivity contribution in [3.63, 3.8) is 0 Å². The van der Waals surface area contributed by atoms with E-state index in [1.807, 2.05) is 65.2 Å². The lowest BCUT2D eigenvalue weighted by Crippen LogP contribution is -2.35. The van der Waals surface area contributed by atoms with Gasteiger partial charge in [-0.05, 0) is 62.2 Å². The Labute approximate surface area is 175 Å². The molecule has 1 aromatic carbocycles. The van der Waals surface area contributed by atoms with Gasteiger partial charge in [0.1, 0.15) is 5.00 Å². The summed E-state index contributed by atoms with van der Waals surface area (Å²) in [5.74, 6) is 0.122. The molecule has 1 fully saturated rings. The van der Waals surface area contributed by atoms with E-state index in [4.69, 9.17) is 5.26 Å². The first-order valence-corrected chi connectivity index (χ1v) is 10.7. The minimum Gasteiger partial charge on any atom is -0.370 e. The van der Waals surface area contributed by atoms with Gasteiger partial charge in [0.05, 0.1) is 17.2 Å². The van der Waals surface area contributed by atoms with E-state index < -0.39 is 0 Å². The third kappa shape index (κ3) is 3.79. The largest absolute Gasteiger partial charge is 0.370 e. The number of thiophene rings is 1. The lowest BCUT2D eigenvalue weighted by Gasteiger charge is -2.24. The summed E-state index contributed by atoms with van der Waals surface area (Å²) in [6.45, 7) is 7.27. The average Bonchev–Trinajstić information content (AvgIpc) is 3.29. The van der Waals surface area contributed by atoms with Crippen LogP contribution in [0.15, 0.2) is 48.8 Å². The number of hydrogen-bond acceptors (Lipinski definition) is 4. The third-order valence-electron chi connectivity index (χ3n) is 5.56. The molecule has 148 valence electrons. The van der Waals surface area contributed by atoms with Crippen molar-refractivity contribution in [2.75, 3.05) is 31.1 Å². The number of aromatic nitrogens is 1. The summed E-state index contributed by atoms with van der Waals surface area (Å²) in [5.41, 5.74) is 3.68. The van der Waals surface area contributed by atoms with Gasteiger partial charge in [0, 0.05) is 49.1 Å². The van der Waals surface area contributed by atoms with Gasteiger partial charge < -0.3 is 14.4 Å². The van der Waals surface area contributed by atoms with Gasteiger partial charge in [-0.25, -0.2) is 0 Å². The quantitative estimate of drug-likeness (QED) is 0.651. The molecule has 0 radical (unpaired) electrons. The van der Waals surface area contributed by atoms with E-state index >= 15 is 0 Å². The zero-order valence-electron chi connectivity index (χ0n) is 16.8. The summed E-state index contributed by atoms with van der Waals surface area (Å²) in [6.07, 6.45) is 4.92. The molecule has 1 aliphatic rings. The Kier molecular flexibility index (Phi) is 5.41. The van der Waals surface area contributed by atoms with Crippen LogP contribution in [0.4, 0.5) is 5.69 Å². The highest BCUT2D eigenvalue weighted by Crippen LogP contribution is 2.32. The monoisotopic (exact) mass is 404 g/mol. The standard InChI is InChI=1S/C23H24N4OS/c1-17-18(2)29-23(27-10-3-4-11-27)21(17)22(28)26-13-5-12-25(14-15-26)20-8-6-19(16-24)7-9-20/h3-4,6-11H,5,12-15H2,1-2H3. The van der Waals surface area contributed by atoms with E-state index in [9.17, 15) is 4.79 Å². The Hall–Kier alpha value is -3.04. The summed E-state index contributed by atoms with van der Waals surface area (Å²) >= 11 is 1.68. The fourth-order valence-electron chi connectivity index (χ4n) is 3.80. The SMILES string of the molecule is Cc1sc(-n2cccc2)c(C(=O)N2CCCN(c3ccc(C#N)cc3)CC2)c1C. The predicted octanol–water partition coefficient (Wildman–Crippen LogP) is 4.38. The maximum absolute atomic E-state index is 13.5. The number of nitriles is 1. The number of nitrogens with zero attached hydrogens (tertiary/aromatic N) is 4. The molecule has 2 aromatic heterocycles. The molecule has 3 aromatic rings. The number of anilines is 1. The molecule has 0 N–H and O–H groups in total. The number of aryl methyl sites for hydroxylation is 1. The molecular formula is C23H24N4OS. The van der Waals surface area contributed by atoms with Crippen molar-refractivity contribution in [1.29, 1.82) is 5.26 Å². The molecule has 4 rings (SSSR count). The van der Waals surface area contributed by atoms with E-state index in [1.54, 1.807) is 11.3 Å². The minimum atomic E-state index is 0.122. The van der Waals surface area contributed by atoms with Crippen LogP contribution in [0.25, 0.3) is 5.00 Å². The zero-order chi connectivity index (χ0) is 20.4. The smallest absolute Gasteiger partial charge is 0.257 e. The van der Waals surface area contributed by atoms with Crippen LogP contribution in [0, 0.1) is 25.2 Å². The van der Waals surface area contributed by atoms with Crippen LogP contribution in [-0.4, -0.2) is 41.6 Å². The van der Waals surface area contributed by atoms with Gasteiger partial charge in [0.15, 0.2) is 0 Å². The first-order valence-electron chi connectivity index (χ1n) is 9.86. The Morgan fingerprint density at radius 2 is 1.76 bits per heavy atom. The molecule has 0 aliphatic carbocycles. The second kappa shape index (κ2) is 8.14. The van der Waals surface area contributed by atoms with Crippen molar-refractivity contribution in [1.82, 2.24) is 9.47 Å². The van der Waals surface area contributed by atoms with E-state index in [2.05, 4.69) is 17.9 Å². The maximum Gasteiger partial charge on any atom is 0.257 e. The van der Waals surface area contributed by atoms with E-state index in [-0.39, 0.29) is 5.91 Å². The third-order valence-corrected chi connectivity index (χ3v) is 6.78. The highest BCUT2D eigenvalue weighted by atomic mass is 32.1. The van der Waals surface area contributed by atoms with Crippen LogP contribution in [-0.2, 0) is 0 Å². The van der Waals surface area contributed by atoms with Crippen LogP contribution in [0.3, 0.4) is 0 Å². The molecule has 1 amide bonds. The molecule has 0 unspecified atom stereocenters. The molecule has 1 aliphatic heterocycles. The Morgan fingerprint density at radius 3 is 2.45 bits per heavy atom. The summed E-state index contributed by atoms with van der Waals surface area (Å²) in [6, 6.07) is 13.8. The molecule has 1 saturated heterocycles. The summed E-state index contributed by atoms with van der Waals surface area (Å²) in [7, 11) is 0. The summed E-state index contributed by atoms with van der Waals surface area (Å²) in [4.78, 5) is 19.0. The molecular weight excluding hydrogens is 380 g/mol. The maximum atomic E-state index is 13.5. The van der Waals surface area contributed by atoms with Crippen molar-refractivity contribution < 1.29 is 4.79 Å². The Balaban J connectivity index is 1.54. The van der Waals surface area contributed by atoms with Gasteiger partial charge in [-0.15, -0.1) is 11.3 Å². The first kappa shape index (κ1) is 19.3. The van der Waals surface area contributed by atoms with Gasteiger partial charge in [-0.1, -0.05) is 0 Å². The number of carbonyl (C=O) groups is 1. The lowest BCUT2D eigenvalue weighted by molar-refractivity contribution is 0.0767. The van der Waals surface area contributed by atoms with Crippen LogP contribution < -0.4 is 4.90 Å². The molecule has 0 spiro atoms. The molecule has 0 atom stereocenters. The second-order valence-electron chi connectivity index (χ2n) is 7.35. The van der Waals surface area contributed by atoms with E-state index in [1.165, 1.54) is 4.88 Å². The Bertz CT molecular complexity index is 1040. The van der Waals surface area contributed by atoms with Gasteiger partial charge in [0.25, 0.3) is 5.91 Å². The van der Waals surface area contributed by atoms with Crippen LogP contribution >= 0.6 is 11.3 Å². The molecule has 3 heterocycles. The van der Waals surface area contributed by atoms with E-state index in [0.717, 1.165) is 47.9 Å². The van der Waals surface area contributed by atoms with Crippen LogP contribution in [0.2, 0.25) is 0 Å². The molecule has 0 bridgehead atoms.